The van der Waals surface area contributed by atoms with Gasteiger partial charge < -0.3 is 24.9 Å². The molecule has 0 saturated carbocycles. The molecule has 26 heavy (non-hydrogen) atoms. The van der Waals surface area contributed by atoms with E-state index in [-0.39, 0.29) is 23.4 Å². The van der Waals surface area contributed by atoms with Crippen molar-refractivity contribution in [2.24, 2.45) is 7.05 Å². The van der Waals surface area contributed by atoms with E-state index in [9.17, 15) is 14.4 Å². The van der Waals surface area contributed by atoms with Gasteiger partial charge in [-0.25, -0.2) is 14.8 Å². The van der Waals surface area contributed by atoms with Gasteiger partial charge in [0.05, 0.1) is 6.20 Å². The first-order valence-corrected chi connectivity index (χ1v) is 7.73. The number of aromatic carboxylic acids is 1. The number of amides is 2. The molecule has 0 aliphatic heterocycles. The van der Waals surface area contributed by atoms with Crippen LogP contribution in [0.5, 0.6) is 0 Å². The predicted octanol–water partition coefficient (Wildman–Crippen LogP) is 0.00820. The molecule has 0 spiro atoms. The second-order valence-corrected chi connectivity index (χ2v) is 5.90. The quantitative estimate of drug-likeness (QED) is 0.630. The third-order valence-electron chi connectivity index (χ3n) is 3.64. The number of carboxylic acids is 1. The first-order valence-electron chi connectivity index (χ1n) is 7.73. The Kier molecular flexibility index (Phi) is 5.72. The van der Waals surface area contributed by atoms with Crippen molar-refractivity contribution in [2.45, 2.75) is 6.42 Å². The van der Waals surface area contributed by atoms with Crippen LogP contribution in [0.3, 0.4) is 0 Å². The number of carboxylic acid groups (broad SMARTS) is 1. The molecule has 0 aliphatic rings. The van der Waals surface area contributed by atoms with Gasteiger partial charge in [-0.05, 0) is 14.1 Å². The highest BCUT2D eigenvalue weighted by atomic mass is 16.4. The molecule has 2 aromatic rings. The van der Waals surface area contributed by atoms with Crippen LogP contribution in [-0.4, -0.2) is 75.0 Å². The highest BCUT2D eigenvalue weighted by Crippen LogP contribution is 2.16. The molecule has 0 atom stereocenters. The lowest BCUT2D eigenvalue weighted by molar-refractivity contribution is -0.116. The predicted molar refractivity (Wildman–Crippen MR) is 93.3 cm³/mol. The molecule has 0 bridgehead atoms. The molecule has 0 radical (unpaired) electrons. The van der Waals surface area contributed by atoms with Crippen molar-refractivity contribution in [3.05, 3.63) is 24.0 Å². The first kappa shape index (κ1) is 19.1. The van der Waals surface area contributed by atoms with Crippen molar-refractivity contribution in [1.82, 2.24) is 24.4 Å². The molecular weight excluding hydrogens is 342 g/mol. The average Bonchev–Trinajstić information content (AvgIpc) is 3.18. The number of aromatic nitrogens is 4. The van der Waals surface area contributed by atoms with E-state index in [1.165, 1.54) is 36.0 Å². The zero-order valence-corrected chi connectivity index (χ0v) is 15.0. The number of aromatic amines is 1. The number of carbonyl (C=O) groups excluding carboxylic acids is 2. The maximum atomic E-state index is 12.5. The molecule has 0 unspecified atom stereocenters. The van der Waals surface area contributed by atoms with Crippen LogP contribution in [0.1, 0.15) is 27.7 Å². The topological polar surface area (TPSA) is 136 Å². The molecule has 0 aromatic carbocycles. The monoisotopic (exact) mass is 363 g/mol. The van der Waals surface area contributed by atoms with Gasteiger partial charge >= 0.3 is 5.97 Å². The Balaban J connectivity index is 2.07. The summed E-state index contributed by atoms with van der Waals surface area (Å²) in [6.07, 6.45) is 3.00. The van der Waals surface area contributed by atoms with Crippen molar-refractivity contribution in [3.8, 4) is 0 Å². The zero-order valence-electron chi connectivity index (χ0n) is 15.0. The number of hydrogen-bond donors (Lipinski definition) is 3. The number of nitrogens with one attached hydrogen (secondary N) is 2. The SMILES string of the molecule is CN(C)CCC(=O)Nc1c[nH]c(C(=O)N(C)c2cnc(C(=O)O)n2C)n1. The van der Waals surface area contributed by atoms with E-state index >= 15 is 0 Å². The molecular formula is C15H21N7O4. The van der Waals surface area contributed by atoms with Crippen molar-refractivity contribution in [2.75, 3.05) is 37.9 Å². The van der Waals surface area contributed by atoms with Gasteiger partial charge in [-0.15, -0.1) is 0 Å². The smallest absolute Gasteiger partial charge is 0.372 e. The molecule has 140 valence electrons. The number of H-pyrrole nitrogens is 1. The normalized spacial score (nSPS) is 10.8. The Morgan fingerprint density at radius 2 is 2.00 bits per heavy atom. The molecule has 2 rings (SSSR count). The van der Waals surface area contributed by atoms with Gasteiger partial charge in [-0.2, -0.15) is 0 Å². The summed E-state index contributed by atoms with van der Waals surface area (Å²) in [5, 5.41) is 11.6. The van der Waals surface area contributed by atoms with E-state index in [1.54, 1.807) is 0 Å². The minimum absolute atomic E-state index is 0.00786. The second kappa shape index (κ2) is 7.78. The Labute approximate surface area is 149 Å². The number of imidazole rings is 2. The molecule has 2 amide bonds. The van der Waals surface area contributed by atoms with E-state index in [4.69, 9.17) is 5.11 Å². The minimum Gasteiger partial charge on any atom is -0.475 e. The molecule has 2 aromatic heterocycles. The molecule has 3 N–H and O–H groups in total. The van der Waals surface area contributed by atoms with Gasteiger partial charge in [0.25, 0.3) is 5.91 Å². The van der Waals surface area contributed by atoms with Crippen LogP contribution in [-0.2, 0) is 11.8 Å². The number of anilines is 2. The summed E-state index contributed by atoms with van der Waals surface area (Å²) >= 11 is 0. The molecule has 2 heterocycles. The van der Waals surface area contributed by atoms with Gasteiger partial charge in [0, 0.05) is 33.3 Å². The van der Waals surface area contributed by atoms with Crippen molar-refractivity contribution < 1.29 is 19.5 Å². The maximum Gasteiger partial charge on any atom is 0.372 e. The highest BCUT2D eigenvalue weighted by Gasteiger charge is 2.22. The third-order valence-corrected chi connectivity index (χ3v) is 3.64. The lowest BCUT2D eigenvalue weighted by Crippen LogP contribution is -2.29. The Hall–Kier alpha value is -3.21. The number of nitrogens with zero attached hydrogens (tertiary/aromatic N) is 5. The van der Waals surface area contributed by atoms with Crippen LogP contribution in [0.15, 0.2) is 12.4 Å². The Bertz CT molecular complexity index is 824. The summed E-state index contributed by atoms with van der Waals surface area (Å²) in [5.74, 6) is -1.56. The van der Waals surface area contributed by atoms with E-state index in [2.05, 4.69) is 20.3 Å². The van der Waals surface area contributed by atoms with Gasteiger partial charge in [0.15, 0.2) is 11.6 Å². The lowest BCUT2D eigenvalue weighted by atomic mass is 10.4. The fourth-order valence-corrected chi connectivity index (χ4v) is 2.20. The maximum absolute atomic E-state index is 12.5. The Morgan fingerprint density at radius 3 is 2.58 bits per heavy atom. The highest BCUT2D eigenvalue weighted by molar-refractivity contribution is 6.03. The molecule has 0 fully saturated rings. The van der Waals surface area contributed by atoms with Crippen molar-refractivity contribution in [1.29, 1.82) is 0 Å². The standard InChI is InChI=1S/C15H21N7O4/c1-20(2)6-5-10(23)18-9-7-16-12(19-9)14(24)22(4)11-8-17-13(15(25)26)21(11)3/h7-8H,5-6H2,1-4H3,(H,16,19)(H,18,23)(H,25,26). The van der Waals surface area contributed by atoms with Gasteiger partial charge in [-0.1, -0.05) is 0 Å². The van der Waals surface area contributed by atoms with Gasteiger partial charge in [0.2, 0.25) is 11.7 Å². The van der Waals surface area contributed by atoms with E-state index < -0.39 is 11.9 Å². The largest absolute Gasteiger partial charge is 0.475 e. The summed E-state index contributed by atoms with van der Waals surface area (Å²) < 4.78 is 1.28. The lowest BCUT2D eigenvalue weighted by Gasteiger charge is -2.15. The van der Waals surface area contributed by atoms with Gasteiger partial charge in [0.1, 0.15) is 5.82 Å². The summed E-state index contributed by atoms with van der Waals surface area (Å²) in [6.45, 7) is 0.594. The zero-order chi connectivity index (χ0) is 19.4. The van der Waals surface area contributed by atoms with E-state index in [1.807, 2.05) is 19.0 Å². The van der Waals surface area contributed by atoms with Crippen LogP contribution in [0.2, 0.25) is 0 Å². The molecule has 0 saturated heterocycles. The number of rotatable bonds is 7. The van der Waals surface area contributed by atoms with E-state index in [0.717, 1.165) is 0 Å². The van der Waals surface area contributed by atoms with Crippen LogP contribution in [0, 0.1) is 0 Å². The van der Waals surface area contributed by atoms with Crippen molar-refractivity contribution >= 4 is 29.4 Å². The van der Waals surface area contributed by atoms with Crippen LogP contribution < -0.4 is 10.2 Å². The summed E-state index contributed by atoms with van der Waals surface area (Å²) in [4.78, 5) is 49.0. The van der Waals surface area contributed by atoms with Crippen molar-refractivity contribution in [3.63, 3.8) is 0 Å². The molecule has 0 aliphatic carbocycles. The van der Waals surface area contributed by atoms with Gasteiger partial charge in [-0.3, -0.25) is 14.5 Å². The van der Waals surface area contributed by atoms with Crippen LogP contribution in [0.25, 0.3) is 0 Å². The third kappa shape index (κ3) is 4.25. The fraction of sp³-hybridized carbons (Fsp3) is 0.400. The average molecular weight is 363 g/mol. The fourth-order valence-electron chi connectivity index (χ4n) is 2.20. The van der Waals surface area contributed by atoms with Crippen LogP contribution >= 0.6 is 0 Å². The number of carbonyl (C=O) groups is 3. The Morgan fingerprint density at radius 1 is 1.31 bits per heavy atom. The molecule has 11 heteroatoms. The summed E-state index contributed by atoms with van der Waals surface area (Å²) in [5.41, 5.74) is 0. The second-order valence-electron chi connectivity index (χ2n) is 5.90. The minimum atomic E-state index is -1.19. The van der Waals surface area contributed by atoms with Crippen LogP contribution in [0.4, 0.5) is 11.6 Å². The first-order chi connectivity index (χ1) is 12.2. The number of hydrogen-bond acceptors (Lipinski definition) is 6. The summed E-state index contributed by atoms with van der Waals surface area (Å²) in [6, 6.07) is 0. The molecule has 11 nitrogen and oxygen atoms in total. The van der Waals surface area contributed by atoms with E-state index in [0.29, 0.717) is 18.8 Å². The summed E-state index contributed by atoms with van der Waals surface area (Å²) in [7, 11) is 6.70.